The number of benzene rings is 1. The fraction of sp³-hybridized carbons (Fsp3) is 0.684. The van der Waals surface area contributed by atoms with Crippen molar-refractivity contribution in [2.24, 2.45) is 17.3 Å². The van der Waals surface area contributed by atoms with Crippen LogP contribution in [0.3, 0.4) is 0 Å². The molecule has 1 aliphatic rings. The molecule has 1 fully saturated rings. The Hall–Kier alpha value is -0.860. The van der Waals surface area contributed by atoms with Gasteiger partial charge in [-0.25, -0.2) is 0 Å². The van der Waals surface area contributed by atoms with Gasteiger partial charge in [-0.15, -0.1) is 0 Å². The van der Waals surface area contributed by atoms with Gasteiger partial charge in [0.1, 0.15) is 0 Å². The third kappa shape index (κ3) is 4.82. The maximum Gasteiger partial charge on any atom is 0.0587 e. The van der Waals surface area contributed by atoms with E-state index < -0.39 is 0 Å². The second-order valence-corrected chi connectivity index (χ2v) is 7.63. The molecule has 1 saturated carbocycles. The Morgan fingerprint density at radius 2 is 1.71 bits per heavy atom. The van der Waals surface area contributed by atoms with Gasteiger partial charge in [0.05, 0.1) is 6.61 Å². The van der Waals surface area contributed by atoms with Crippen molar-refractivity contribution < 1.29 is 5.11 Å². The summed E-state index contributed by atoms with van der Waals surface area (Å²) in [6.07, 6.45) is 5.10. The zero-order valence-electron chi connectivity index (χ0n) is 13.8. The average molecular weight is 289 g/mol. The van der Waals surface area contributed by atoms with Crippen LogP contribution in [0.2, 0.25) is 0 Å². The van der Waals surface area contributed by atoms with E-state index in [1.165, 1.54) is 31.2 Å². The number of aliphatic hydroxyl groups is 1. The van der Waals surface area contributed by atoms with Crippen LogP contribution in [-0.2, 0) is 6.54 Å². The summed E-state index contributed by atoms with van der Waals surface area (Å²) < 4.78 is 0. The molecule has 2 N–H and O–H groups in total. The quantitative estimate of drug-likeness (QED) is 0.859. The standard InChI is InChI=1S/C19H31NO/c1-19(2,3)17-11-9-16(10-12-17)18(14-21)20-13-15-7-5-4-6-8-15/h4-8,16-18,20-21H,9-14H2,1-3H3. The number of nitrogens with one attached hydrogen (secondary N) is 1. The summed E-state index contributed by atoms with van der Waals surface area (Å²) in [6.45, 7) is 8.17. The van der Waals surface area contributed by atoms with E-state index in [-0.39, 0.29) is 12.6 Å². The molecule has 1 aromatic rings. The molecule has 118 valence electrons. The Morgan fingerprint density at radius 1 is 1.10 bits per heavy atom. The molecular weight excluding hydrogens is 258 g/mol. The van der Waals surface area contributed by atoms with Crippen molar-refractivity contribution >= 4 is 0 Å². The highest BCUT2D eigenvalue weighted by molar-refractivity contribution is 5.14. The van der Waals surface area contributed by atoms with E-state index in [1.54, 1.807) is 0 Å². The van der Waals surface area contributed by atoms with Crippen molar-refractivity contribution in [3.05, 3.63) is 35.9 Å². The minimum Gasteiger partial charge on any atom is -0.395 e. The zero-order chi connectivity index (χ0) is 15.3. The van der Waals surface area contributed by atoms with Gasteiger partial charge in [-0.3, -0.25) is 0 Å². The molecule has 2 nitrogen and oxygen atoms in total. The number of hydrogen-bond donors (Lipinski definition) is 2. The molecule has 1 unspecified atom stereocenters. The van der Waals surface area contributed by atoms with E-state index in [0.29, 0.717) is 11.3 Å². The largest absolute Gasteiger partial charge is 0.395 e. The van der Waals surface area contributed by atoms with Crippen molar-refractivity contribution in [1.29, 1.82) is 0 Å². The molecule has 0 aliphatic heterocycles. The van der Waals surface area contributed by atoms with Gasteiger partial charge in [-0.1, -0.05) is 51.1 Å². The van der Waals surface area contributed by atoms with E-state index >= 15 is 0 Å². The molecule has 0 saturated heterocycles. The number of hydrogen-bond acceptors (Lipinski definition) is 2. The Morgan fingerprint density at radius 3 is 2.24 bits per heavy atom. The van der Waals surface area contributed by atoms with Crippen LogP contribution in [-0.4, -0.2) is 17.8 Å². The molecule has 0 aromatic heterocycles. The third-order valence-corrected chi connectivity index (χ3v) is 5.17. The molecule has 0 spiro atoms. The van der Waals surface area contributed by atoms with Crippen LogP contribution in [0.1, 0.15) is 52.0 Å². The Balaban J connectivity index is 1.82. The van der Waals surface area contributed by atoms with E-state index in [4.69, 9.17) is 0 Å². The summed E-state index contributed by atoms with van der Waals surface area (Å²) in [6, 6.07) is 10.7. The first kappa shape index (κ1) is 16.5. The molecule has 0 heterocycles. The molecule has 2 heteroatoms. The first-order chi connectivity index (χ1) is 10.0. The van der Waals surface area contributed by atoms with Crippen molar-refractivity contribution in [1.82, 2.24) is 5.32 Å². The summed E-state index contributed by atoms with van der Waals surface area (Å²) in [7, 11) is 0. The Bertz CT molecular complexity index is 401. The average Bonchev–Trinajstić information content (AvgIpc) is 2.48. The van der Waals surface area contributed by atoms with Crippen LogP contribution in [0.5, 0.6) is 0 Å². The third-order valence-electron chi connectivity index (χ3n) is 5.17. The van der Waals surface area contributed by atoms with Gasteiger partial charge >= 0.3 is 0 Å². The van der Waals surface area contributed by atoms with E-state index in [9.17, 15) is 5.11 Å². The highest BCUT2D eigenvalue weighted by atomic mass is 16.3. The van der Waals surface area contributed by atoms with Crippen LogP contribution < -0.4 is 5.32 Å². The maximum absolute atomic E-state index is 9.72. The molecule has 0 bridgehead atoms. The zero-order valence-corrected chi connectivity index (χ0v) is 13.8. The Kier molecular flexibility index (Phi) is 5.83. The summed E-state index contributed by atoms with van der Waals surface area (Å²) in [5, 5.41) is 13.3. The van der Waals surface area contributed by atoms with Crippen LogP contribution in [0.25, 0.3) is 0 Å². The topological polar surface area (TPSA) is 32.3 Å². The Labute approximate surface area is 130 Å². The first-order valence-corrected chi connectivity index (χ1v) is 8.39. The highest BCUT2D eigenvalue weighted by Crippen LogP contribution is 2.40. The SMILES string of the molecule is CC(C)(C)C1CCC(C(CO)NCc2ccccc2)CC1. The lowest BCUT2D eigenvalue weighted by atomic mass is 9.68. The maximum atomic E-state index is 9.72. The predicted molar refractivity (Wildman–Crippen MR) is 89.1 cm³/mol. The first-order valence-electron chi connectivity index (χ1n) is 8.39. The van der Waals surface area contributed by atoms with E-state index in [0.717, 1.165) is 12.5 Å². The molecule has 1 aromatic carbocycles. The lowest BCUT2D eigenvalue weighted by molar-refractivity contribution is 0.110. The summed E-state index contributed by atoms with van der Waals surface area (Å²) in [5.74, 6) is 1.46. The van der Waals surface area contributed by atoms with Gasteiger partial charge in [0, 0.05) is 12.6 Å². The lowest BCUT2D eigenvalue weighted by Crippen LogP contribution is -2.41. The minimum atomic E-state index is 0.242. The molecule has 2 rings (SSSR count). The fourth-order valence-electron chi connectivity index (χ4n) is 3.61. The van der Waals surface area contributed by atoms with Crippen LogP contribution in [0.15, 0.2) is 30.3 Å². The summed E-state index contributed by atoms with van der Waals surface area (Å²) in [5.41, 5.74) is 1.72. The van der Waals surface area contributed by atoms with Crippen LogP contribution in [0.4, 0.5) is 0 Å². The van der Waals surface area contributed by atoms with Crippen LogP contribution >= 0.6 is 0 Å². The van der Waals surface area contributed by atoms with Crippen LogP contribution in [0, 0.1) is 17.3 Å². The van der Waals surface area contributed by atoms with Crippen molar-refractivity contribution in [2.45, 2.75) is 59.0 Å². The fourth-order valence-corrected chi connectivity index (χ4v) is 3.61. The van der Waals surface area contributed by atoms with Crippen molar-refractivity contribution in [3.8, 4) is 0 Å². The van der Waals surface area contributed by atoms with E-state index in [1.807, 2.05) is 6.07 Å². The number of rotatable bonds is 5. The normalized spacial score (nSPS) is 24.8. The molecule has 1 atom stereocenters. The summed E-state index contributed by atoms with van der Waals surface area (Å²) >= 11 is 0. The van der Waals surface area contributed by atoms with Gasteiger partial charge in [-0.2, -0.15) is 0 Å². The predicted octanol–water partition coefficient (Wildman–Crippen LogP) is 3.99. The van der Waals surface area contributed by atoms with Gasteiger partial charge in [0.15, 0.2) is 0 Å². The van der Waals surface area contributed by atoms with E-state index in [2.05, 4.69) is 50.4 Å². The molecule has 1 aliphatic carbocycles. The highest BCUT2D eigenvalue weighted by Gasteiger charge is 2.32. The van der Waals surface area contributed by atoms with Gasteiger partial charge in [0.25, 0.3) is 0 Å². The molecule has 21 heavy (non-hydrogen) atoms. The van der Waals surface area contributed by atoms with Gasteiger partial charge in [-0.05, 0) is 48.5 Å². The minimum absolute atomic E-state index is 0.242. The van der Waals surface area contributed by atoms with Gasteiger partial charge < -0.3 is 10.4 Å². The smallest absolute Gasteiger partial charge is 0.0587 e. The molecule has 0 amide bonds. The van der Waals surface area contributed by atoms with Gasteiger partial charge in [0.2, 0.25) is 0 Å². The number of aliphatic hydroxyl groups excluding tert-OH is 1. The second-order valence-electron chi connectivity index (χ2n) is 7.63. The molecule has 0 radical (unpaired) electrons. The monoisotopic (exact) mass is 289 g/mol. The second kappa shape index (κ2) is 7.42. The van der Waals surface area contributed by atoms with Crippen molar-refractivity contribution in [2.75, 3.05) is 6.61 Å². The summed E-state index contributed by atoms with van der Waals surface area (Å²) in [4.78, 5) is 0. The lowest BCUT2D eigenvalue weighted by Gasteiger charge is -2.39. The molecular formula is C19H31NO. The van der Waals surface area contributed by atoms with Crippen molar-refractivity contribution in [3.63, 3.8) is 0 Å².